The average molecular weight is 266 g/mol. The minimum absolute atomic E-state index is 0.0212. The van der Waals surface area contributed by atoms with Gasteiger partial charge in [0.25, 0.3) is 0 Å². The Balaban J connectivity index is 2.46. The van der Waals surface area contributed by atoms with Crippen LogP contribution in [-0.2, 0) is 10.0 Å². The second-order valence-electron chi connectivity index (χ2n) is 4.20. The minimum Gasteiger partial charge on any atom is -0.395 e. The summed E-state index contributed by atoms with van der Waals surface area (Å²) in [5.74, 6) is 0. The predicted octanol–water partition coefficient (Wildman–Crippen LogP) is 0.704. The van der Waals surface area contributed by atoms with Crippen molar-refractivity contribution in [2.45, 2.75) is 23.8 Å². The molecule has 1 aromatic carbocycles. The molecular weight excluding hydrogens is 252 g/mol. The second-order valence-corrected chi connectivity index (χ2v) is 6.06. The highest BCUT2D eigenvalue weighted by atomic mass is 32.2. The maximum absolute atomic E-state index is 12.4. The van der Waals surface area contributed by atoms with E-state index in [0.717, 1.165) is 6.42 Å². The fourth-order valence-electron chi connectivity index (χ4n) is 2.22. The van der Waals surface area contributed by atoms with Crippen molar-refractivity contribution in [2.75, 3.05) is 13.2 Å². The monoisotopic (exact) mass is 266 g/mol. The van der Waals surface area contributed by atoms with Gasteiger partial charge in [0.1, 0.15) is 6.07 Å². The van der Waals surface area contributed by atoms with Gasteiger partial charge in [-0.15, -0.1) is 0 Å². The summed E-state index contributed by atoms with van der Waals surface area (Å²) in [6, 6.07) is 7.66. The van der Waals surface area contributed by atoms with Crippen LogP contribution in [0.3, 0.4) is 0 Å². The first-order chi connectivity index (χ1) is 8.61. The van der Waals surface area contributed by atoms with Gasteiger partial charge in [0, 0.05) is 12.6 Å². The predicted molar refractivity (Wildman–Crippen MR) is 65.2 cm³/mol. The highest BCUT2D eigenvalue weighted by Crippen LogP contribution is 2.27. The van der Waals surface area contributed by atoms with E-state index in [1.165, 1.54) is 16.4 Å². The molecule has 1 fully saturated rings. The van der Waals surface area contributed by atoms with Gasteiger partial charge in [-0.1, -0.05) is 12.1 Å². The van der Waals surface area contributed by atoms with Crippen LogP contribution in [0.1, 0.15) is 18.4 Å². The van der Waals surface area contributed by atoms with E-state index >= 15 is 0 Å². The van der Waals surface area contributed by atoms with E-state index in [-0.39, 0.29) is 23.1 Å². The molecule has 5 nitrogen and oxygen atoms in total. The molecule has 0 unspecified atom stereocenters. The van der Waals surface area contributed by atoms with Crippen molar-refractivity contribution in [3.8, 4) is 6.07 Å². The van der Waals surface area contributed by atoms with Gasteiger partial charge in [-0.25, -0.2) is 8.42 Å². The van der Waals surface area contributed by atoms with Crippen molar-refractivity contribution in [1.29, 1.82) is 5.26 Å². The van der Waals surface area contributed by atoms with Crippen LogP contribution in [0.2, 0.25) is 0 Å². The van der Waals surface area contributed by atoms with Crippen molar-refractivity contribution in [3.05, 3.63) is 29.8 Å². The lowest BCUT2D eigenvalue weighted by Gasteiger charge is -2.22. The molecule has 0 saturated carbocycles. The topological polar surface area (TPSA) is 81.4 Å². The maximum atomic E-state index is 12.4. The summed E-state index contributed by atoms with van der Waals surface area (Å²) >= 11 is 0. The number of hydrogen-bond acceptors (Lipinski definition) is 4. The Morgan fingerprint density at radius 3 is 2.83 bits per heavy atom. The van der Waals surface area contributed by atoms with E-state index in [0.29, 0.717) is 13.0 Å². The van der Waals surface area contributed by atoms with Crippen molar-refractivity contribution in [2.24, 2.45) is 0 Å². The van der Waals surface area contributed by atoms with Crippen molar-refractivity contribution in [3.63, 3.8) is 0 Å². The molecule has 1 aromatic rings. The number of hydrogen-bond donors (Lipinski definition) is 1. The first kappa shape index (κ1) is 13.0. The van der Waals surface area contributed by atoms with E-state index in [4.69, 9.17) is 5.26 Å². The van der Waals surface area contributed by atoms with Crippen molar-refractivity contribution in [1.82, 2.24) is 4.31 Å². The molecule has 0 spiro atoms. The summed E-state index contributed by atoms with van der Waals surface area (Å²) in [5.41, 5.74) is 0.140. The van der Waals surface area contributed by atoms with Gasteiger partial charge in [0.15, 0.2) is 0 Å². The molecule has 0 aliphatic carbocycles. The average Bonchev–Trinajstić information content (AvgIpc) is 2.87. The molecule has 0 radical (unpaired) electrons. The zero-order valence-corrected chi connectivity index (χ0v) is 10.6. The molecule has 1 N–H and O–H groups in total. The van der Waals surface area contributed by atoms with Crippen LogP contribution < -0.4 is 0 Å². The summed E-state index contributed by atoms with van der Waals surface area (Å²) in [6.07, 6.45) is 1.39. The zero-order chi connectivity index (χ0) is 13.2. The summed E-state index contributed by atoms with van der Waals surface area (Å²) in [4.78, 5) is 0.0212. The van der Waals surface area contributed by atoms with Crippen LogP contribution in [0.25, 0.3) is 0 Å². The SMILES string of the molecule is N#Cc1ccccc1S(=O)(=O)N1CCC[C@H]1CO. The summed E-state index contributed by atoms with van der Waals surface area (Å²) in [7, 11) is -3.69. The van der Waals surface area contributed by atoms with Crippen LogP contribution in [0.5, 0.6) is 0 Å². The smallest absolute Gasteiger partial charge is 0.244 e. The molecule has 6 heteroatoms. The fourth-order valence-corrected chi connectivity index (χ4v) is 4.05. The molecule has 1 heterocycles. The highest BCUT2D eigenvalue weighted by molar-refractivity contribution is 7.89. The summed E-state index contributed by atoms with van der Waals surface area (Å²) < 4.78 is 26.2. The molecule has 2 rings (SSSR count). The fraction of sp³-hybridized carbons (Fsp3) is 0.417. The molecule has 18 heavy (non-hydrogen) atoms. The van der Waals surface area contributed by atoms with Gasteiger partial charge in [0.05, 0.1) is 17.1 Å². The number of aliphatic hydroxyl groups excluding tert-OH is 1. The molecule has 0 aromatic heterocycles. The Kier molecular flexibility index (Phi) is 3.66. The lowest BCUT2D eigenvalue weighted by atomic mass is 10.2. The van der Waals surface area contributed by atoms with E-state index in [1.54, 1.807) is 12.1 Å². The third kappa shape index (κ3) is 2.12. The first-order valence-corrected chi connectivity index (χ1v) is 7.17. The Morgan fingerprint density at radius 2 is 2.17 bits per heavy atom. The molecule has 1 atom stereocenters. The summed E-state index contributed by atoms with van der Waals surface area (Å²) in [6.45, 7) is 0.210. The number of rotatable bonds is 3. The van der Waals surface area contributed by atoms with Gasteiger partial charge in [-0.3, -0.25) is 0 Å². The van der Waals surface area contributed by atoms with E-state index in [1.807, 2.05) is 6.07 Å². The standard InChI is InChI=1S/C12H14N2O3S/c13-8-10-4-1-2-6-12(10)18(16,17)14-7-3-5-11(14)9-15/h1-2,4,6,11,15H,3,5,7,9H2/t11-/m0/s1. The largest absolute Gasteiger partial charge is 0.395 e. The van der Waals surface area contributed by atoms with Crippen molar-refractivity contribution >= 4 is 10.0 Å². The zero-order valence-electron chi connectivity index (χ0n) is 9.78. The number of sulfonamides is 1. The Morgan fingerprint density at radius 1 is 1.44 bits per heavy atom. The van der Waals surface area contributed by atoms with Crippen LogP contribution in [0.15, 0.2) is 29.2 Å². The number of aliphatic hydroxyl groups is 1. The van der Waals surface area contributed by atoms with Gasteiger partial charge in [0.2, 0.25) is 10.0 Å². The Labute approximate surface area is 106 Å². The first-order valence-electron chi connectivity index (χ1n) is 5.73. The minimum atomic E-state index is -3.69. The Bertz CT molecular complexity index is 577. The molecular formula is C12H14N2O3S. The highest BCUT2D eigenvalue weighted by Gasteiger charge is 2.35. The molecule has 0 bridgehead atoms. The number of nitriles is 1. The van der Waals surface area contributed by atoms with Crippen LogP contribution in [0, 0.1) is 11.3 Å². The van der Waals surface area contributed by atoms with Gasteiger partial charge >= 0.3 is 0 Å². The van der Waals surface area contributed by atoms with Gasteiger partial charge in [-0.2, -0.15) is 9.57 Å². The lowest BCUT2D eigenvalue weighted by Crippen LogP contribution is -2.37. The third-order valence-electron chi connectivity index (χ3n) is 3.13. The van der Waals surface area contributed by atoms with Gasteiger partial charge in [-0.05, 0) is 25.0 Å². The lowest BCUT2D eigenvalue weighted by molar-refractivity contribution is 0.213. The maximum Gasteiger partial charge on any atom is 0.244 e. The quantitative estimate of drug-likeness (QED) is 0.873. The Hall–Kier alpha value is -1.42. The molecule has 1 aliphatic heterocycles. The molecule has 1 saturated heterocycles. The molecule has 0 amide bonds. The second kappa shape index (κ2) is 5.06. The summed E-state index contributed by atoms with van der Waals surface area (Å²) in [5, 5.41) is 18.2. The van der Waals surface area contributed by atoms with Gasteiger partial charge < -0.3 is 5.11 Å². The normalized spacial score (nSPS) is 20.8. The number of benzene rings is 1. The molecule has 96 valence electrons. The third-order valence-corrected chi connectivity index (χ3v) is 5.14. The van der Waals surface area contributed by atoms with Crippen LogP contribution in [0.4, 0.5) is 0 Å². The van der Waals surface area contributed by atoms with E-state index < -0.39 is 10.0 Å². The molecule has 1 aliphatic rings. The van der Waals surface area contributed by atoms with Crippen LogP contribution >= 0.6 is 0 Å². The van der Waals surface area contributed by atoms with E-state index in [2.05, 4.69) is 0 Å². The van der Waals surface area contributed by atoms with Crippen LogP contribution in [-0.4, -0.2) is 37.0 Å². The number of nitrogens with zero attached hydrogens (tertiary/aromatic N) is 2. The van der Waals surface area contributed by atoms with Crippen molar-refractivity contribution < 1.29 is 13.5 Å². The van der Waals surface area contributed by atoms with E-state index in [9.17, 15) is 13.5 Å².